The molecule has 10 aromatic rings. The maximum atomic E-state index is 13.7. The Balaban J connectivity index is 0.000000166. The van der Waals surface area contributed by atoms with E-state index < -0.39 is 23.6 Å². The number of carbonyl (C=O) groups is 6. The number of amides is 5. The van der Waals surface area contributed by atoms with Crippen LogP contribution in [0.4, 0.5) is 21.8 Å². The molecule has 21 nitrogen and oxygen atoms in total. The number of anilines is 3. The number of aryl methyl sites for hydroxylation is 4. The molecule has 0 unspecified atom stereocenters. The van der Waals surface area contributed by atoms with E-state index in [1.807, 2.05) is 142 Å². The van der Waals surface area contributed by atoms with Crippen LogP contribution in [0.25, 0.3) is 39.5 Å². The van der Waals surface area contributed by atoms with Crippen molar-refractivity contribution in [1.29, 1.82) is 0 Å². The summed E-state index contributed by atoms with van der Waals surface area (Å²) >= 11 is 0. The predicted molar refractivity (Wildman–Crippen MR) is 356 cm³/mol. The average Bonchev–Trinajstić information content (AvgIpc) is 1.66. The normalized spacial score (nSPS) is 11.8. The van der Waals surface area contributed by atoms with Crippen molar-refractivity contribution < 1.29 is 37.9 Å². The second kappa shape index (κ2) is 29.8. The topological polar surface area (TPSA) is 331 Å². The molecule has 0 bridgehead atoms. The fourth-order valence-electron chi connectivity index (χ4n) is 10.8. The number of halogens is 1. The van der Waals surface area contributed by atoms with Gasteiger partial charge in [-0.15, -0.1) is 0 Å². The molecule has 1 fully saturated rings. The highest BCUT2D eigenvalue weighted by Gasteiger charge is 2.30. The van der Waals surface area contributed by atoms with E-state index in [-0.39, 0.29) is 53.1 Å². The van der Waals surface area contributed by atoms with Crippen LogP contribution in [0, 0.1) is 26.6 Å². The van der Waals surface area contributed by atoms with Gasteiger partial charge in [-0.25, -0.2) is 18.5 Å². The number of ether oxygens (including phenoxy) is 1. The minimum Gasteiger partial charge on any atom is -0.462 e. The molecule has 93 heavy (non-hydrogen) atoms. The molecule has 3 heterocycles. The number of aromatic nitrogens is 6. The van der Waals surface area contributed by atoms with Crippen LogP contribution in [0.5, 0.6) is 0 Å². The number of esters is 1. The second-order valence-corrected chi connectivity index (χ2v) is 22.3. The van der Waals surface area contributed by atoms with Gasteiger partial charge >= 0.3 is 5.97 Å². The third-order valence-electron chi connectivity index (χ3n) is 15.9. The van der Waals surface area contributed by atoms with Crippen molar-refractivity contribution in [2.45, 2.75) is 79.1 Å². The van der Waals surface area contributed by atoms with E-state index >= 15 is 0 Å². The molecule has 1 aliphatic carbocycles. The molecule has 5 amide bonds. The SMILES string of the molecule is CCOC(=O)c1c(-c2ccc(CNC(=O)c3ccccc3C)cc2)nn(C2CCCC2)c1N.Cc1ccccc1C(=O)NCc1ccc(-c2nn(-c3cccc(F)c3)c(N)c2C(N)=O)cc1.Cc1ccccc1C(=O)NCc1ccc(-c2nn(C)c(N)c2C(N)=O)cc1. The Hall–Kier alpha value is -11.7. The van der Waals surface area contributed by atoms with Crippen LogP contribution in [0.2, 0.25) is 0 Å². The van der Waals surface area contributed by atoms with Gasteiger partial charge in [-0.2, -0.15) is 15.3 Å². The van der Waals surface area contributed by atoms with Crippen LogP contribution in [-0.4, -0.2) is 71.5 Å². The van der Waals surface area contributed by atoms with E-state index in [1.165, 1.54) is 27.6 Å². The molecule has 0 radical (unpaired) electrons. The van der Waals surface area contributed by atoms with Gasteiger partial charge in [-0.3, -0.25) is 28.7 Å². The zero-order chi connectivity index (χ0) is 66.5. The van der Waals surface area contributed by atoms with Gasteiger partial charge in [0.05, 0.1) is 18.3 Å². The fourth-order valence-corrected chi connectivity index (χ4v) is 10.8. The number of rotatable bonds is 18. The molecule has 1 saturated carbocycles. The van der Waals surface area contributed by atoms with Crippen molar-refractivity contribution in [3.63, 3.8) is 0 Å². The van der Waals surface area contributed by atoms with Crippen molar-refractivity contribution in [3.05, 3.63) is 242 Å². The van der Waals surface area contributed by atoms with Gasteiger partial charge in [0, 0.05) is 60.1 Å². The summed E-state index contributed by atoms with van der Waals surface area (Å²) in [6, 6.07) is 50.4. The van der Waals surface area contributed by atoms with Crippen LogP contribution in [-0.2, 0) is 31.4 Å². The summed E-state index contributed by atoms with van der Waals surface area (Å²) in [6.45, 7) is 8.86. The summed E-state index contributed by atoms with van der Waals surface area (Å²) in [5.41, 5.74) is 41.2. The maximum absolute atomic E-state index is 13.7. The first kappa shape index (κ1) is 65.8. The summed E-state index contributed by atoms with van der Waals surface area (Å²) in [5, 5.41) is 22.2. The van der Waals surface area contributed by atoms with Crippen LogP contribution in [0.15, 0.2) is 170 Å². The summed E-state index contributed by atoms with van der Waals surface area (Å²) in [4.78, 5) is 73.7. The van der Waals surface area contributed by atoms with E-state index in [0.29, 0.717) is 76.0 Å². The molecular weight excluding hydrogens is 1180 g/mol. The number of carbonyl (C=O) groups excluding carboxylic acids is 6. The summed E-state index contributed by atoms with van der Waals surface area (Å²) in [6.07, 6.45) is 4.29. The van der Waals surface area contributed by atoms with Gasteiger partial charge in [-0.1, -0.05) is 146 Å². The average molecular weight is 1250 g/mol. The maximum Gasteiger partial charge on any atom is 0.344 e. The molecule has 0 spiro atoms. The number of nitrogens with two attached hydrogens (primary N) is 5. The summed E-state index contributed by atoms with van der Waals surface area (Å²) < 4.78 is 23.4. The number of nitrogens with one attached hydrogen (secondary N) is 3. The van der Waals surface area contributed by atoms with Crippen molar-refractivity contribution in [1.82, 2.24) is 45.3 Å². The molecule has 7 aromatic carbocycles. The first-order valence-corrected chi connectivity index (χ1v) is 30.1. The van der Waals surface area contributed by atoms with Crippen molar-refractivity contribution in [2.75, 3.05) is 23.8 Å². The van der Waals surface area contributed by atoms with Gasteiger partial charge in [0.15, 0.2) is 0 Å². The van der Waals surface area contributed by atoms with Crippen molar-refractivity contribution in [2.24, 2.45) is 18.5 Å². The third-order valence-corrected chi connectivity index (χ3v) is 15.9. The lowest BCUT2D eigenvalue weighted by Crippen LogP contribution is -2.23. The zero-order valence-electron chi connectivity index (χ0n) is 52.2. The van der Waals surface area contributed by atoms with Crippen LogP contribution in [0.1, 0.15) is 134 Å². The Labute approximate surface area is 537 Å². The van der Waals surface area contributed by atoms with E-state index in [1.54, 1.807) is 49.0 Å². The minimum atomic E-state index is -0.736. The van der Waals surface area contributed by atoms with E-state index in [0.717, 1.165) is 70.2 Å². The second-order valence-electron chi connectivity index (χ2n) is 22.3. The predicted octanol–water partition coefficient (Wildman–Crippen LogP) is 10.3. The van der Waals surface area contributed by atoms with Crippen LogP contribution in [0.3, 0.4) is 0 Å². The van der Waals surface area contributed by atoms with Crippen molar-refractivity contribution in [3.8, 4) is 39.5 Å². The standard InChI is InChI=1S/C26H30N4O3.C25H22FN5O2.C20H21N5O2/c1-3-33-26(32)22-23(29-30(24(22)27)20-9-5-6-10-20)19-14-12-18(13-15-19)16-28-25(31)21-11-7-4-8-17(21)2;1-15-5-2-3-8-20(15)25(33)29-14-16-9-11-17(12-10-16)22-21(24(28)32)23(27)31(30-22)19-7-4-6-18(26)13-19;1-12-5-3-4-6-15(12)20(27)23-11-13-7-9-14(10-8-13)17-16(19(22)26)18(21)25(2)24-17/h4,7-8,11-15,20H,3,5-6,9-10,16,27H2,1-2H3,(H,28,31);2-13H,14,27H2,1H3,(H2,28,32)(H,29,33);3-10H,11,21H2,1-2H3,(H2,22,26)(H,23,27). The molecule has 1 aliphatic rings. The molecule has 11 rings (SSSR count). The summed E-state index contributed by atoms with van der Waals surface area (Å²) in [5.74, 6) is -2.03. The van der Waals surface area contributed by atoms with Gasteiger partial charge < -0.3 is 49.4 Å². The minimum absolute atomic E-state index is 0.0256. The van der Waals surface area contributed by atoms with Crippen LogP contribution < -0.4 is 44.6 Å². The highest BCUT2D eigenvalue weighted by atomic mass is 19.1. The fraction of sp³-hybridized carbons (Fsp3) is 0.197. The first-order chi connectivity index (χ1) is 44.7. The Morgan fingerprint density at radius 3 is 1.30 bits per heavy atom. The molecule has 0 atom stereocenters. The monoisotopic (exact) mass is 1250 g/mol. The number of nitrogen functional groups attached to an aromatic ring is 3. The number of benzene rings is 7. The molecule has 22 heteroatoms. The largest absolute Gasteiger partial charge is 0.462 e. The van der Waals surface area contributed by atoms with E-state index in [2.05, 4.69) is 26.1 Å². The highest BCUT2D eigenvalue weighted by molar-refractivity contribution is 6.05. The zero-order valence-corrected chi connectivity index (χ0v) is 52.2. The lowest BCUT2D eigenvalue weighted by Gasteiger charge is -2.11. The Morgan fingerprint density at radius 2 is 0.903 bits per heavy atom. The van der Waals surface area contributed by atoms with Gasteiger partial charge in [0.25, 0.3) is 29.5 Å². The van der Waals surface area contributed by atoms with Crippen molar-refractivity contribution >= 4 is 53.0 Å². The lowest BCUT2D eigenvalue weighted by molar-refractivity contribution is 0.0527. The molecule has 0 aliphatic heterocycles. The molecule has 0 saturated heterocycles. The third kappa shape index (κ3) is 15.5. The molecule has 3 aromatic heterocycles. The van der Waals surface area contributed by atoms with E-state index in [4.69, 9.17) is 38.5 Å². The molecular formula is C71H73FN14O7. The first-order valence-electron chi connectivity index (χ1n) is 30.1. The number of nitrogens with zero attached hydrogens (tertiary/aromatic N) is 6. The molecule has 13 N–H and O–H groups in total. The molecule has 476 valence electrons. The number of primary amides is 2. The van der Waals surface area contributed by atoms with Crippen LogP contribution >= 0.6 is 0 Å². The Bertz CT molecular complexity index is 4380. The Morgan fingerprint density at radius 1 is 0.505 bits per heavy atom. The smallest absolute Gasteiger partial charge is 0.344 e. The quantitative estimate of drug-likeness (QED) is 0.0371. The Kier molecular flexibility index (Phi) is 21.0. The van der Waals surface area contributed by atoms with Gasteiger partial charge in [0.1, 0.15) is 57.0 Å². The highest BCUT2D eigenvalue weighted by Crippen LogP contribution is 2.37. The lowest BCUT2D eigenvalue weighted by atomic mass is 10.0. The van der Waals surface area contributed by atoms with Gasteiger partial charge in [-0.05, 0) is 110 Å². The van der Waals surface area contributed by atoms with E-state index in [9.17, 15) is 33.2 Å². The number of hydrogen-bond donors (Lipinski definition) is 8. The number of hydrogen-bond acceptors (Lipinski definition) is 13. The summed E-state index contributed by atoms with van der Waals surface area (Å²) in [7, 11) is 1.65. The van der Waals surface area contributed by atoms with Gasteiger partial charge in [0.2, 0.25) is 0 Å².